The smallest absolute Gasteiger partial charge is 0.251 e. The van der Waals surface area contributed by atoms with Crippen LogP contribution in [-0.4, -0.2) is 25.0 Å². The lowest BCUT2D eigenvalue weighted by Gasteiger charge is -2.32. The first kappa shape index (κ1) is 15.0. The number of benzene rings is 1. The number of piperidine rings is 1. The van der Waals surface area contributed by atoms with Crippen LogP contribution in [0.5, 0.6) is 0 Å². The first-order chi connectivity index (χ1) is 9.61. The van der Waals surface area contributed by atoms with Gasteiger partial charge in [-0.3, -0.25) is 4.79 Å². The first-order valence-corrected chi connectivity index (χ1v) is 7.70. The zero-order chi connectivity index (χ0) is 14.5. The van der Waals surface area contributed by atoms with Crippen molar-refractivity contribution in [1.82, 2.24) is 10.6 Å². The second-order valence-electron chi connectivity index (χ2n) is 5.90. The molecule has 20 heavy (non-hydrogen) atoms. The largest absolute Gasteiger partial charge is 0.350 e. The minimum atomic E-state index is 0.0460. The summed E-state index contributed by atoms with van der Waals surface area (Å²) in [6, 6.07) is 6.40. The molecule has 3 heteroatoms. The molecule has 1 aliphatic rings. The Kier molecular flexibility index (Phi) is 5.18. The SMILES string of the molecule is CCC1CCCNC1CNC(=O)c1ccc(C)cc1C. The van der Waals surface area contributed by atoms with Crippen molar-refractivity contribution in [3.63, 3.8) is 0 Å². The lowest BCUT2D eigenvalue weighted by atomic mass is 9.88. The van der Waals surface area contributed by atoms with Gasteiger partial charge in [-0.1, -0.05) is 31.0 Å². The monoisotopic (exact) mass is 274 g/mol. The molecule has 1 saturated heterocycles. The fourth-order valence-corrected chi connectivity index (χ4v) is 3.11. The number of hydrogen-bond acceptors (Lipinski definition) is 2. The molecule has 0 spiro atoms. The highest BCUT2D eigenvalue weighted by Gasteiger charge is 2.23. The summed E-state index contributed by atoms with van der Waals surface area (Å²) in [5.74, 6) is 0.730. The number of carbonyl (C=O) groups is 1. The average Bonchev–Trinajstić information content (AvgIpc) is 2.45. The van der Waals surface area contributed by atoms with Crippen molar-refractivity contribution in [2.45, 2.75) is 46.1 Å². The second kappa shape index (κ2) is 6.89. The summed E-state index contributed by atoms with van der Waals surface area (Å²) in [7, 11) is 0. The van der Waals surface area contributed by atoms with Gasteiger partial charge in [0.25, 0.3) is 5.91 Å². The third-order valence-electron chi connectivity index (χ3n) is 4.36. The lowest BCUT2D eigenvalue weighted by molar-refractivity contribution is 0.0941. The van der Waals surface area contributed by atoms with Crippen molar-refractivity contribution in [2.75, 3.05) is 13.1 Å². The minimum Gasteiger partial charge on any atom is -0.350 e. The predicted octanol–water partition coefficient (Wildman–Crippen LogP) is 2.81. The number of rotatable bonds is 4. The third-order valence-corrected chi connectivity index (χ3v) is 4.36. The van der Waals surface area contributed by atoms with Gasteiger partial charge in [0.1, 0.15) is 0 Å². The van der Waals surface area contributed by atoms with Crippen LogP contribution >= 0.6 is 0 Å². The van der Waals surface area contributed by atoms with E-state index in [0.29, 0.717) is 12.0 Å². The molecule has 2 unspecified atom stereocenters. The number of carbonyl (C=O) groups excluding carboxylic acids is 1. The molecule has 1 aromatic carbocycles. The van der Waals surface area contributed by atoms with Gasteiger partial charge < -0.3 is 10.6 Å². The molecule has 1 fully saturated rings. The molecule has 1 heterocycles. The van der Waals surface area contributed by atoms with Crippen LogP contribution in [0.15, 0.2) is 18.2 Å². The zero-order valence-electron chi connectivity index (χ0n) is 12.8. The van der Waals surface area contributed by atoms with E-state index in [1.807, 2.05) is 26.0 Å². The van der Waals surface area contributed by atoms with E-state index in [4.69, 9.17) is 0 Å². The summed E-state index contributed by atoms with van der Waals surface area (Å²) in [6.45, 7) is 8.07. The topological polar surface area (TPSA) is 41.1 Å². The van der Waals surface area contributed by atoms with Crippen LogP contribution in [0.1, 0.15) is 47.7 Å². The van der Waals surface area contributed by atoms with E-state index >= 15 is 0 Å². The third kappa shape index (κ3) is 3.60. The van der Waals surface area contributed by atoms with E-state index in [9.17, 15) is 4.79 Å². The molecule has 1 amide bonds. The molecule has 0 bridgehead atoms. The fourth-order valence-electron chi connectivity index (χ4n) is 3.11. The standard InChI is InChI=1S/C17H26N2O/c1-4-14-6-5-9-18-16(14)11-19-17(20)15-8-7-12(2)10-13(15)3/h7-8,10,14,16,18H,4-6,9,11H2,1-3H3,(H,19,20). The summed E-state index contributed by atoms with van der Waals surface area (Å²) in [5.41, 5.74) is 3.03. The zero-order valence-corrected chi connectivity index (χ0v) is 12.8. The Hall–Kier alpha value is -1.35. The highest BCUT2D eigenvalue weighted by Crippen LogP contribution is 2.19. The molecular formula is C17H26N2O. The summed E-state index contributed by atoms with van der Waals surface area (Å²) < 4.78 is 0. The van der Waals surface area contributed by atoms with Crippen LogP contribution in [0.4, 0.5) is 0 Å². The van der Waals surface area contributed by atoms with E-state index in [0.717, 1.165) is 24.2 Å². The quantitative estimate of drug-likeness (QED) is 0.886. The second-order valence-corrected chi connectivity index (χ2v) is 5.90. The van der Waals surface area contributed by atoms with E-state index in [1.54, 1.807) is 0 Å². The van der Waals surface area contributed by atoms with Gasteiger partial charge in [-0.05, 0) is 50.8 Å². The molecular weight excluding hydrogens is 248 g/mol. The Labute approximate surface area is 122 Å². The summed E-state index contributed by atoms with van der Waals surface area (Å²) >= 11 is 0. The van der Waals surface area contributed by atoms with E-state index < -0.39 is 0 Å². The molecule has 110 valence electrons. The van der Waals surface area contributed by atoms with Crippen LogP contribution < -0.4 is 10.6 Å². The predicted molar refractivity (Wildman–Crippen MR) is 83.1 cm³/mol. The molecule has 3 nitrogen and oxygen atoms in total. The van der Waals surface area contributed by atoms with Crippen molar-refractivity contribution in [3.05, 3.63) is 34.9 Å². The Balaban J connectivity index is 1.94. The number of aryl methyl sites for hydroxylation is 2. The van der Waals surface area contributed by atoms with E-state index in [-0.39, 0.29) is 5.91 Å². The lowest BCUT2D eigenvalue weighted by Crippen LogP contribution is -2.48. The van der Waals surface area contributed by atoms with Crippen LogP contribution in [0.25, 0.3) is 0 Å². The maximum absolute atomic E-state index is 12.3. The van der Waals surface area contributed by atoms with Gasteiger partial charge in [0.05, 0.1) is 0 Å². The van der Waals surface area contributed by atoms with Crippen LogP contribution in [0.3, 0.4) is 0 Å². The van der Waals surface area contributed by atoms with Gasteiger partial charge in [-0.15, -0.1) is 0 Å². The molecule has 0 saturated carbocycles. The van der Waals surface area contributed by atoms with Crippen LogP contribution in [0, 0.1) is 19.8 Å². The van der Waals surface area contributed by atoms with Crippen molar-refractivity contribution in [3.8, 4) is 0 Å². The molecule has 0 aliphatic carbocycles. The number of nitrogens with one attached hydrogen (secondary N) is 2. The van der Waals surface area contributed by atoms with E-state index in [1.165, 1.54) is 24.8 Å². The fraction of sp³-hybridized carbons (Fsp3) is 0.588. The maximum atomic E-state index is 12.3. The van der Waals surface area contributed by atoms with Crippen molar-refractivity contribution in [1.29, 1.82) is 0 Å². The first-order valence-electron chi connectivity index (χ1n) is 7.70. The van der Waals surface area contributed by atoms with Gasteiger partial charge in [0.15, 0.2) is 0 Å². The van der Waals surface area contributed by atoms with Crippen LogP contribution in [-0.2, 0) is 0 Å². The maximum Gasteiger partial charge on any atom is 0.251 e. The summed E-state index contributed by atoms with van der Waals surface area (Å²) in [6.07, 6.45) is 3.70. The van der Waals surface area contributed by atoms with Crippen molar-refractivity contribution in [2.24, 2.45) is 5.92 Å². The van der Waals surface area contributed by atoms with Crippen molar-refractivity contribution < 1.29 is 4.79 Å². The van der Waals surface area contributed by atoms with Crippen molar-refractivity contribution >= 4 is 5.91 Å². The number of amides is 1. The van der Waals surface area contributed by atoms with Gasteiger partial charge in [0.2, 0.25) is 0 Å². The Bertz CT molecular complexity index is 470. The molecule has 2 rings (SSSR count). The Morgan fingerprint density at radius 3 is 2.90 bits per heavy atom. The summed E-state index contributed by atoms with van der Waals surface area (Å²) in [5, 5.41) is 6.63. The molecule has 0 radical (unpaired) electrons. The highest BCUT2D eigenvalue weighted by molar-refractivity contribution is 5.95. The molecule has 0 aromatic heterocycles. The minimum absolute atomic E-state index is 0.0460. The molecule has 2 atom stereocenters. The van der Waals surface area contributed by atoms with Gasteiger partial charge >= 0.3 is 0 Å². The van der Waals surface area contributed by atoms with Gasteiger partial charge in [0, 0.05) is 18.2 Å². The Morgan fingerprint density at radius 1 is 1.40 bits per heavy atom. The van der Waals surface area contributed by atoms with E-state index in [2.05, 4.69) is 23.6 Å². The van der Waals surface area contributed by atoms with Gasteiger partial charge in [-0.2, -0.15) is 0 Å². The normalized spacial score (nSPS) is 22.6. The molecule has 2 N–H and O–H groups in total. The highest BCUT2D eigenvalue weighted by atomic mass is 16.1. The molecule has 1 aromatic rings. The molecule has 1 aliphatic heterocycles. The Morgan fingerprint density at radius 2 is 2.20 bits per heavy atom. The number of hydrogen-bond donors (Lipinski definition) is 2. The average molecular weight is 274 g/mol. The van der Waals surface area contributed by atoms with Crippen LogP contribution in [0.2, 0.25) is 0 Å². The van der Waals surface area contributed by atoms with Gasteiger partial charge in [-0.25, -0.2) is 0 Å². The summed E-state index contributed by atoms with van der Waals surface area (Å²) in [4.78, 5) is 12.3.